The number of alkyl halides is 1. The topological polar surface area (TPSA) is 15.6 Å². The van der Waals surface area contributed by atoms with Crippen molar-refractivity contribution in [3.63, 3.8) is 0 Å². The Bertz CT molecular complexity index is 293. The number of amidine groups is 1. The molecule has 0 aromatic carbocycles. The van der Waals surface area contributed by atoms with Crippen LogP contribution in [0.2, 0.25) is 0 Å². The summed E-state index contributed by atoms with van der Waals surface area (Å²) in [6.07, 6.45) is -0.136. The third-order valence-electron chi connectivity index (χ3n) is 2.97. The van der Waals surface area contributed by atoms with Crippen molar-refractivity contribution >= 4 is 5.84 Å². The van der Waals surface area contributed by atoms with E-state index >= 15 is 0 Å². The van der Waals surface area contributed by atoms with Crippen LogP contribution in [0.15, 0.2) is 16.3 Å². The molecule has 0 amide bonds. The van der Waals surface area contributed by atoms with E-state index in [1.165, 1.54) is 5.57 Å². The molecule has 2 rings (SSSR count). The average Bonchev–Trinajstić information content (AvgIpc) is 2.44. The Morgan fingerprint density at radius 1 is 1.46 bits per heavy atom. The Morgan fingerprint density at radius 3 is 2.85 bits per heavy atom. The van der Waals surface area contributed by atoms with Gasteiger partial charge in [0.2, 0.25) is 0 Å². The van der Waals surface area contributed by atoms with E-state index in [0.717, 1.165) is 11.5 Å². The molecule has 0 N–H and O–H groups in total. The summed E-state index contributed by atoms with van der Waals surface area (Å²) in [5.41, 5.74) is 2.39. The summed E-state index contributed by atoms with van der Waals surface area (Å²) in [5, 5.41) is 0. The summed E-state index contributed by atoms with van der Waals surface area (Å²) >= 11 is 0. The minimum absolute atomic E-state index is 0.233. The minimum atomic E-state index is -0.708. The Kier molecular flexibility index (Phi) is 1.90. The Hall–Kier alpha value is -0.860. The number of halogens is 1. The van der Waals surface area contributed by atoms with Crippen LogP contribution in [-0.2, 0) is 0 Å². The van der Waals surface area contributed by atoms with Gasteiger partial charge in [0.15, 0.2) is 0 Å². The quantitative estimate of drug-likeness (QED) is 0.560. The van der Waals surface area contributed by atoms with E-state index in [2.05, 4.69) is 18.8 Å². The van der Waals surface area contributed by atoms with E-state index in [1.807, 2.05) is 11.8 Å². The largest absolute Gasteiger partial charge is 0.331 e. The fraction of sp³-hybridized carbons (Fsp3) is 0.700. The molecule has 0 aromatic heterocycles. The van der Waals surface area contributed by atoms with Crippen LogP contribution >= 0.6 is 0 Å². The third kappa shape index (κ3) is 1.26. The van der Waals surface area contributed by atoms with Crippen LogP contribution in [0, 0.1) is 0 Å². The molecule has 13 heavy (non-hydrogen) atoms. The zero-order valence-electron chi connectivity index (χ0n) is 8.34. The molecular formula is C10H15FN2. The van der Waals surface area contributed by atoms with Crippen molar-refractivity contribution in [2.75, 3.05) is 6.54 Å². The molecule has 0 saturated carbocycles. The molecule has 0 radical (unpaired) electrons. The van der Waals surface area contributed by atoms with Crippen molar-refractivity contribution in [2.45, 2.75) is 39.4 Å². The van der Waals surface area contributed by atoms with Crippen molar-refractivity contribution < 1.29 is 4.39 Å². The van der Waals surface area contributed by atoms with Gasteiger partial charge in [-0.25, -0.2) is 4.39 Å². The normalized spacial score (nSPS) is 33.5. The number of allylic oxidation sites excluding steroid dienone is 1. The second kappa shape index (κ2) is 2.82. The van der Waals surface area contributed by atoms with Crippen LogP contribution in [0.25, 0.3) is 0 Å². The third-order valence-corrected chi connectivity index (χ3v) is 2.97. The smallest absolute Gasteiger partial charge is 0.123 e. The van der Waals surface area contributed by atoms with E-state index in [1.54, 1.807) is 0 Å². The lowest BCUT2D eigenvalue weighted by molar-refractivity contribution is 0.341. The van der Waals surface area contributed by atoms with Gasteiger partial charge in [0.25, 0.3) is 0 Å². The maximum Gasteiger partial charge on any atom is 0.123 e. The van der Waals surface area contributed by atoms with Gasteiger partial charge in [0.05, 0.1) is 12.6 Å². The number of rotatable bonds is 0. The first-order chi connectivity index (χ1) is 6.09. The lowest BCUT2D eigenvalue weighted by Gasteiger charge is -2.28. The first-order valence-corrected chi connectivity index (χ1v) is 4.75. The van der Waals surface area contributed by atoms with Gasteiger partial charge in [-0.1, -0.05) is 0 Å². The molecule has 72 valence electrons. The number of hydrogen-bond acceptors (Lipinski definition) is 2. The van der Waals surface area contributed by atoms with Crippen molar-refractivity contribution in [3.05, 3.63) is 11.3 Å². The van der Waals surface area contributed by atoms with Crippen LogP contribution in [0.3, 0.4) is 0 Å². The zero-order chi connectivity index (χ0) is 9.59. The monoisotopic (exact) mass is 182 g/mol. The van der Waals surface area contributed by atoms with Gasteiger partial charge in [0.1, 0.15) is 12.0 Å². The lowest BCUT2D eigenvalue weighted by Crippen LogP contribution is -2.31. The molecule has 2 heterocycles. The molecule has 0 spiro atoms. The van der Waals surface area contributed by atoms with Crippen LogP contribution in [0.5, 0.6) is 0 Å². The standard InChI is InChI=1S/C10H15FN2/c1-6-7(2)12-8(3)13-5-9(11)4-10(6)13/h7,9H,4-5H2,1-3H3. The average molecular weight is 182 g/mol. The molecule has 2 nitrogen and oxygen atoms in total. The minimum Gasteiger partial charge on any atom is -0.331 e. The van der Waals surface area contributed by atoms with E-state index in [9.17, 15) is 4.39 Å². The summed E-state index contributed by atoms with van der Waals surface area (Å²) in [7, 11) is 0. The highest BCUT2D eigenvalue weighted by molar-refractivity contribution is 5.83. The summed E-state index contributed by atoms with van der Waals surface area (Å²) in [5.74, 6) is 0.966. The SMILES string of the molecule is CC1=NC(C)C(C)=C2CC(F)CN12. The van der Waals surface area contributed by atoms with E-state index in [4.69, 9.17) is 0 Å². The van der Waals surface area contributed by atoms with Crippen molar-refractivity contribution in [1.82, 2.24) is 4.90 Å². The highest BCUT2D eigenvalue weighted by Crippen LogP contribution is 2.32. The van der Waals surface area contributed by atoms with Crippen molar-refractivity contribution in [2.24, 2.45) is 4.99 Å². The predicted octanol–water partition coefficient (Wildman–Crippen LogP) is 2.12. The predicted molar refractivity (Wildman–Crippen MR) is 51.5 cm³/mol. The molecule has 1 fully saturated rings. The summed E-state index contributed by atoms with van der Waals surface area (Å²) in [6.45, 7) is 6.57. The van der Waals surface area contributed by atoms with Gasteiger partial charge in [0, 0.05) is 12.1 Å². The molecule has 2 aliphatic rings. The van der Waals surface area contributed by atoms with Gasteiger partial charge >= 0.3 is 0 Å². The molecule has 0 aliphatic carbocycles. The first kappa shape index (κ1) is 8.73. The molecule has 0 aromatic rings. The van der Waals surface area contributed by atoms with E-state index in [0.29, 0.717) is 13.0 Å². The Morgan fingerprint density at radius 2 is 2.15 bits per heavy atom. The van der Waals surface area contributed by atoms with E-state index in [-0.39, 0.29) is 6.04 Å². The van der Waals surface area contributed by atoms with Crippen molar-refractivity contribution in [3.8, 4) is 0 Å². The number of hydrogen-bond donors (Lipinski definition) is 0. The van der Waals surface area contributed by atoms with Crippen LogP contribution in [-0.4, -0.2) is 29.5 Å². The van der Waals surface area contributed by atoms with Crippen molar-refractivity contribution in [1.29, 1.82) is 0 Å². The molecule has 2 unspecified atom stereocenters. The summed E-state index contributed by atoms with van der Waals surface area (Å²) < 4.78 is 13.2. The number of nitrogens with zero attached hydrogens (tertiary/aromatic N) is 2. The summed E-state index contributed by atoms with van der Waals surface area (Å²) in [4.78, 5) is 6.47. The highest BCUT2D eigenvalue weighted by Gasteiger charge is 2.32. The van der Waals surface area contributed by atoms with Gasteiger partial charge in [-0.2, -0.15) is 0 Å². The van der Waals surface area contributed by atoms with Gasteiger partial charge < -0.3 is 4.90 Å². The number of aliphatic imine (C=N–C) groups is 1. The van der Waals surface area contributed by atoms with Gasteiger partial charge in [-0.15, -0.1) is 0 Å². The Balaban J connectivity index is 2.37. The molecule has 0 bridgehead atoms. The second-order valence-corrected chi connectivity index (χ2v) is 3.89. The second-order valence-electron chi connectivity index (χ2n) is 3.89. The molecule has 2 atom stereocenters. The zero-order valence-corrected chi connectivity index (χ0v) is 8.34. The maximum atomic E-state index is 13.2. The fourth-order valence-corrected chi connectivity index (χ4v) is 2.08. The van der Waals surface area contributed by atoms with Crippen LogP contribution in [0.4, 0.5) is 4.39 Å². The fourth-order valence-electron chi connectivity index (χ4n) is 2.08. The van der Waals surface area contributed by atoms with E-state index < -0.39 is 6.17 Å². The lowest BCUT2D eigenvalue weighted by atomic mass is 10.1. The van der Waals surface area contributed by atoms with Gasteiger partial charge in [-0.3, -0.25) is 4.99 Å². The van der Waals surface area contributed by atoms with Crippen LogP contribution < -0.4 is 0 Å². The number of fused-ring (bicyclic) bond motifs is 1. The molecule has 2 aliphatic heterocycles. The highest BCUT2D eigenvalue weighted by atomic mass is 19.1. The van der Waals surface area contributed by atoms with Gasteiger partial charge in [-0.05, 0) is 26.3 Å². The molecular weight excluding hydrogens is 167 g/mol. The molecule has 1 saturated heterocycles. The summed E-state index contributed by atoms with van der Waals surface area (Å²) in [6, 6.07) is 0.233. The maximum absolute atomic E-state index is 13.2. The first-order valence-electron chi connectivity index (χ1n) is 4.75. The Labute approximate surface area is 78.1 Å². The molecule has 3 heteroatoms. The van der Waals surface area contributed by atoms with Crippen LogP contribution in [0.1, 0.15) is 27.2 Å².